The molecule has 9 heteroatoms. The molecule has 1 aromatic heterocycles. The van der Waals surface area contributed by atoms with Crippen molar-refractivity contribution < 1.29 is 33.6 Å². The Balaban J connectivity index is 1.51. The number of rotatable bonds is 7. The molecule has 9 nitrogen and oxygen atoms in total. The van der Waals surface area contributed by atoms with Crippen molar-refractivity contribution in [2.45, 2.75) is 63.8 Å². The Morgan fingerprint density at radius 1 is 1.11 bits per heavy atom. The number of aryl methyl sites for hydroxylation is 2. The number of hydrogen-bond donors (Lipinski definition) is 3. The Kier molecular flexibility index (Phi) is 7.46. The predicted octanol–water partition coefficient (Wildman–Crippen LogP) is 2.92. The van der Waals surface area contributed by atoms with E-state index in [0.29, 0.717) is 23.1 Å². The van der Waals surface area contributed by atoms with E-state index in [4.69, 9.17) is 18.6 Å². The third kappa shape index (κ3) is 5.29. The summed E-state index contributed by atoms with van der Waals surface area (Å²) in [5.41, 5.74) is 0.243. The molecule has 4 atom stereocenters. The number of methoxy groups -OCH3 is 1. The molecule has 0 unspecified atom stereocenters. The molecule has 2 heterocycles. The number of carbonyl (C=O) groups is 1. The molecular weight excluding hydrogens is 466 g/mol. The Morgan fingerprint density at radius 3 is 2.53 bits per heavy atom. The van der Waals surface area contributed by atoms with Gasteiger partial charge in [-0.2, -0.15) is 0 Å². The Morgan fingerprint density at radius 2 is 1.83 bits per heavy atom. The first-order valence-corrected chi connectivity index (χ1v) is 11.8. The average molecular weight is 498 g/mol. The predicted molar refractivity (Wildman–Crippen MR) is 133 cm³/mol. The molecule has 1 saturated heterocycles. The molecule has 0 saturated carbocycles. The van der Waals surface area contributed by atoms with Crippen LogP contribution in [0.15, 0.2) is 57.7 Å². The van der Waals surface area contributed by atoms with E-state index in [1.54, 1.807) is 39.0 Å². The fraction of sp³-hybridized carbons (Fsp3) is 0.407. The van der Waals surface area contributed by atoms with Gasteiger partial charge in [-0.3, -0.25) is 4.79 Å². The highest BCUT2D eigenvalue weighted by Gasteiger charge is 2.50. The Hall–Kier alpha value is -3.24. The van der Waals surface area contributed by atoms with E-state index in [2.05, 4.69) is 5.32 Å². The van der Waals surface area contributed by atoms with Gasteiger partial charge in [0.2, 0.25) is 12.2 Å². The molecule has 0 radical (unpaired) electrons. The summed E-state index contributed by atoms with van der Waals surface area (Å²) in [6, 6.07) is 14.5. The van der Waals surface area contributed by atoms with Crippen LogP contribution in [0.25, 0.3) is 11.0 Å². The van der Waals surface area contributed by atoms with E-state index < -0.39 is 35.8 Å². The first-order chi connectivity index (χ1) is 17.1. The van der Waals surface area contributed by atoms with E-state index in [0.717, 1.165) is 5.56 Å². The van der Waals surface area contributed by atoms with Crippen molar-refractivity contribution in [1.82, 2.24) is 0 Å². The lowest BCUT2D eigenvalue weighted by Crippen LogP contribution is -2.63. The van der Waals surface area contributed by atoms with Crippen molar-refractivity contribution in [2.24, 2.45) is 0 Å². The highest BCUT2D eigenvalue weighted by atomic mass is 16.7. The lowest BCUT2D eigenvalue weighted by Gasteiger charge is -2.46. The molecular formula is C27H31NO8. The summed E-state index contributed by atoms with van der Waals surface area (Å²) in [5, 5.41) is 24.2. The van der Waals surface area contributed by atoms with Crippen LogP contribution in [-0.2, 0) is 20.7 Å². The van der Waals surface area contributed by atoms with E-state index in [9.17, 15) is 19.8 Å². The number of fused-ring (bicyclic) bond motifs is 1. The van der Waals surface area contributed by atoms with Gasteiger partial charge >= 0.3 is 5.63 Å². The van der Waals surface area contributed by atoms with Crippen molar-refractivity contribution in [1.29, 1.82) is 0 Å². The summed E-state index contributed by atoms with van der Waals surface area (Å²) in [5.74, 6) is 0.0226. The minimum absolute atomic E-state index is 0.0511. The number of ether oxygens (including phenoxy) is 3. The van der Waals surface area contributed by atoms with Gasteiger partial charge in [-0.25, -0.2) is 4.79 Å². The van der Waals surface area contributed by atoms with Gasteiger partial charge < -0.3 is 34.2 Å². The minimum Gasteiger partial charge on any atom is -0.462 e. The summed E-state index contributed by atoms with van der Waals surface area (Å²) in [6.45, 7) is 5.16. The largest absolute Gasteiger partial charge is 0.462 e. The van der Waals surface area contributed by atoms with E-state index in [-0.39, 0.29) is 23.6 Å². The van der Waals surface area contributed by atoms with Crippen LogP contribution in [0.4, 0.5) is 5.69 Å². The number of nitrogens with one attached hydrogen (secondary N) is 1. The van der Waals surface area contributed by atoms with Crippen molar-refractivity contribution >= 4 is 22.6 Å². The zero-order valence-corrected chi connectivity index (χ0v) is 20.7. The van der Waals surface area contributed by atoms with Gasteiger partial charge in [-0.15, -0.1) is 0 Å². The SMILES string of the molecule is CO[C@@H]1[C@@H](O)[C@@H](O)[C@H](Oc2ccc3cc(NC(=O)CCc4ccccc4)c(=O)oc3c2C)OC1(C)C. The van der Waals surface area contributed by atoms with Crippen LogP contribution >= 0.6 is 0 Å². The van der Waals surface area contributed by atoms with E-state index in [1.165, 1.54) is 7.11 Å². The molecule has 4 rings (SSSR count). The van der Waals surface area contributed by atoms with Crippen LogP contribution in [0, 0.1) is 6.92 Å². The van der Waals surface area contributed by atoms with Crippen LogP contribution in [0.2, 0.25) is 0 Å². The van der Waals surface area contributed by atoms with Crippen LogP contribution in [0.5, 0.6) is 5.75 Å². The summed E-state index contributed by atoms with van der Waals surface area (Å²) >= 11 is 0. The zero-order valence-electron chi connectivity index (χ0n) is 20.7. The molecule has 192 valence electrons. The standard InChI is InChI=1S/C27H31NO8/c1-15-19(34-26-22(31)21(30)24(33-4)27(2,3)36-26)12-11-17-14-18(25(32)35-23(15)17)28-20(29)13-10-16-8-6-5-7-9-16/h5-9,11-12,14,21-22,24,26,30-31H,10,13H2,1-4H3,(H,28,29)/t21-,22+,24+,26+/m0/s1. The Labute approximate surface area is 208 Å². The molecule has 0 spiro atoms. The normalized spacial score (nSPS) is 23.4. The topological polar surface area (TPSA) is 127 Å². The summed E-state index contributed by atoms with van der Waals surface area (Å²) in [4.78, 5) is 25.0. The maximum Gasteiger partial charge on any atom is 0.360 e. The number of aliphatic hydroxyl groups excluding tert-OH is 2. The molecule has 3 N–H and O–H groups in total. The Bertz CT molecular complexity index is 1290. The molecule has 1 amide bonds. The third-order valence-electron chi connectivity index (χ3n) is 6.40. The maximum atomic E-state index is 12.6. The number of aliphatic hydroxyl groups is 2. The summed E-state index contributed by atoms with van der Waals surface area (Å²) in [7, 11) is 1.43. The fourth-order valence-electron chi connectivity index (χ4n) is 4.47. The van der Waals surface area contributed by atoms with Gasteiger partial charge in [-0.05, 0) is 51.0 Å². The van der Waals surface area contributed by atoms with Gasteiger partial charge in [0.1, 0.15) is 35.3 Å². The number of carbonyl (C=O) groups excluding carboxylic acids is 1. The quantitative estimate of drug-likeness (QED) is 0.425. The summed E-state index contributed by atoms with van der Waals surface area (Å²) < 4.78 is 22.6. The second kappa shape index (κ2) is 10.4. The van der Waals surface area contributed by atoms with Gasteiger partial charge in [0, 0.05) is 24.5 Å². The molecule has 0 aliphatic carbocycles. The van der Waals surface area contributed by atoms with Gasteiger partial charge in [0.25, 0.3) is 0 Å². The van der Waals surface area contributed by atoms with E-state index >= 15 is 0 Å². The second-order valence-corrected chi connectivity index (χ2v) is 9.43. The minimum atomic E-state index is -1.36. The second-order valence-electron chi connectivity index (χ2n) is 9.43. The lowest BCUT2D eigenvalue weighted by molar-refractivity contribution is -0.306. The van der Waals surface area contributed by atoms with Gasteiger partial charge in [0.05, 0.1) is 5.60 Å². The first kappa shape index (κ1) is 25.8. The summed E-state index contributed by atoms with van der Waals surface area (Å²) in [6.07, 6.45) is -3.73. The highest BCUT2D eigenvalue weighted by Crippen LogP contribution is 2.35. The first-order valence-electron chi connectivity index (χ1n) is 11.8. The number of hydrogen-bond acceptors (Lipinski definition) is 8. The molecule has 0 bridgehead atoms. The van der Waals surface area contributed by atoms with Crippen LogP contribution in [0.3, 0.4) is 0 Å². The zero-order chi connectivity index (χ0) is 26.0. The lowest BCUT2D eigenvalue weighted by atomic mass is 9.89. The number of amides is 1. The van der Waals surface area contributed by atoms with Gasteiger partial charge in [0.15, 0.2) is 0 Å². The van der Waals surface area contributed by atoms with Crippen LogP contribution in [-0.4, -0.2) is 53.4 Å². The molecule has 1 aliphatic rings. The maximum absolute atomic E-state index is 12.6. The molecule has 36 heavy (non-hydrogen) atoms. The molecule has 2 aromatic carbocycles. The fourth-order valence-corrected chi connectivity index (χ4v) is 4.47. The smallest absolute Gasteiger partial charge is 0.360 e. The van der Waals surface area contributed by atoms with Crippen LogP contribution in [0.1, 0.15) is 31.4 Å². The van der Waals surface area contributed by atoms with Crippen molar-refractivity contribution in [3.8, 4) is 5.75 Å². The van der Waals surface area contributed by atoms with Gasteiger partial charge in [-0.1, -0.05) is 30.3 Å². The molecule has 1 fully saturated rings. The van der Waals surface area contributed by atoms with Crippen molar-refractivity contribution in [3.05, 3.63) is 70.1 Å². The van der Waals surface area contributed by atoms with E-state index in [1.807, 2.05) is 30.3 Å². The highest BCUT2D eigenvalue weighted by molar-refractivity contribution is 5.93. The van der Waals surface area contributed by atoms with Crippen LogP contribution < -0.4 is 15.7 Å². The monoisotopic (exact) mass is 497 g/mol. The molecule has 1 aliphatic heterocycles. The number of anilines is 1. The third-order valence-corrected chi connectivity index (χ3v) is 6.40. The van der Waals surface area contributed by atoms with Crippen molar-refractivity contribution in [2.75, 3.05) is 12.4 Å². The van der Waals surface area contributed by atoms with Crippen molar-refractivity contribution in [3.63, 3.8) is 0 Å². The number of benzene rings is 2. The molecule has 3 aromatic rings. The average Bonchev–Trinajstić information content (AvgIpc) is 2.84.